The highest BCUT2D eigenvalue weighted by Gasteiger charge is 2.06. The smallest absolute Gasteiger partial charge is 0.214 e. The number of hydrogen-bond acceptors (Lipinski definition) is 3. The average Bonchev–Trinajstić information content (AvgIpc) is 2.05. The number of para-hydroxylation sites is 1. The number of hydrogen-bond donors (Lipinski definition) is 1. The van der Waals surface area contributed by atoms with Gasteiger partial charge < -0.3 is 5.11 Å². The van der Waals surface area contributed by atoms with Crippen LogP contribution in [0.2, 0.25) is 0 Å². The molecule has 0 aliphatic heterocycles. The summed E-state index contributed by atoms with van der Waals surface area (Å²) in [6.07, 6.45) is 0. The van der Waals surface area contributed by atoms with Crippen molar-refractivity contribution < 1.29 is 14.6 Å². The van der Waals surface area contributed by atoms with Crippen LogP contribution in [-0.2, 0) is 0 Å². The quantitative estimate of drug-likeness (QED) is 0.665. The Labute approximate surface area is 62.2 Å². The van der Waals surface area contributed by atoms with Crippen molar-refractivity contribution in [3.63, 3.8) is 0 Å². The minimum atomic E-state index is -0.475. The molecule has 0 saturated heterocycles. The topological polar surface area (TPSA) is 53.2 Å². The van der Waals surface area contributed by atoms with Gasteiger partial charge in [-0.25, -0.2) is 0 Å². The van der Waals surface area contributed by atoms with Gasteiger partial charge in [-0.15, -0.1) is 0 Å². The van der Waals surface area contributed by atoms with Gasteiger partial charge in [0.1, 0.15) is 6.07 Å². The highest BCUT2D eigenvalue weighted by Crippen LogP contribution is 2.28. The Morgan fingerprint density at radius 3 is 2.82 bits per heavy atom. The average molecular weight is 153 g/mol. The number of rotatable bonds is 1. The molecule has 0 aliphatic rings. The van der Waals surface area contributed by atoms with E-state index in [-0.39, 0.29) is 11.3 Å². The first-order valence-corrected chi connectivity index (χ1v) is 2.80. The molecular weight excluding hydrogens is 149 g/mol. The molecule has 11 heavy (non-hydrogen) atoms. The van der Waals surface area contributed by atoms with Gasteiger partial charge in [0.2, 0.25) is 5.75 Å². The van der Waals surface area contributed by atoms with Crippen LogP contribution < -0.4 is 4.94 Å². The van der Waals surface area contributed by atoms with Crippen LogP contribution >= 0.6 is 0 Å². The predicted octanol–water partition coefficient (Wildman–Crippen LogP) is 1.53. The molecule has 0 saturated carbocycles. The first-order chi connectivity index (χ1) is 5.29. The molecule has 4 heteroatoms. The number of phenols is 1. The Bertz CT molecular complexity index is 306. The third-order valence-corrected chi connectivity index (χ3v) is 1.20. The molecule has 0 spiro atoms. The zero-order chi connectivity index (χ0) is 8.27. The summed E-state index contributed by atoms with van der Waals surface area (Å²) in [6, 6.07) is 5.66. The third kappa shape index (κ3) is 1.22. The van der Waals surface area contributed by atoms with Crippen LogP contribution in [0.4, 0.5) is 4.53 Å². The summed E-state index contributed by atoms with van der Waals surface area (Å²) in [7, 11) is 0. The van der Waals surface area contributed by atoms with Crippen LogP contribution in [0.3, 0.4) is 0 Å². The minimum Gasteiger partial charge on any atom is -0.503 e. The number of benzene rings is 1. The lowest BCUT2D eigenvalue weighted by Crippen LogP contribution is -1.81. The van der Waals surface area contributed by atoms with Crippen molar-refractivity contribution in [1.82, 2.24) is 0 Å². The lowest BCUT2D eigenvalue weighted by molar-refractivity contribution is -0.00897. The Morgan fingerprint density at radius 2 is 2.27 bits per heavy atom. The normalized spacial score (nSPS) is 8.73. The number of nitriles is 1. The van der Waals surface area contributed by atoms with Gasteiger partial charge >= 0.3 is 0 Å². The van der Waals surface area contributed by atoms with Crippen LogP contribution in [0.25, 0.3) is 0 Å². The highest BCUT2D eigenvalue weighted by molar-refractivity contribution is 5.50. The summed E-state index contributed by atoms with van der Waals surface area (Å²) >= 11 is 0. The molecule has 1 rings (SSSR count). The zero-order valence-electron chi connectivity index (χ0n) is 5.41. The lowest BCUT2D eigenvalue weighted by atomic mass is 10.2. The summed E-state index contributed by atoms with van der Waals surface area (Å²) < 4.78 is 11.5. The first kappa shape index (κ1) is 7.35. The maximum Gasteiger partial charge on any atom is 0.214 e. The Balaban J connectivity index is 3.23. The molecule has 0 atom stereocenters. The van der Waals surface area contributed by atoms with Crippen molar-refractivity contribution in [2.24, 2.45) is 0 Å². The maximum atomic E-state index is 11.5. The lowest BCUT2D eigenvalue weighted by Gasteiger charge is -1.97. The standard InChI is InChI=1S/C7H4FNO2/c8-11-6-3-1-2-5(4-9)7(6)10/h1-3,10H. The fourth-order valence-electron chi connectivity index (χ4n) is 0.675. The van der Waals surface area contributed by atoms with Crippen molar-refractivity contribution in [2.75, 3.05) is 0 Å². The molecule has 56 valence electrons. The van der Waals surface area contributed by atoms with E-state index >= 15 is 0 Å². The second kappa shape index (κ2) is 2.88. The molecule has 3 nitrogen and oxygen atoms in total. The molecule has 1 aromatic carbocycles. The summed E-state index contributed by atoms with van der Waals surface area (Å²) in [5.74, 6) is -0.818. The second-order valence-electron chi connectivity index (χ2n) is 1.84. The highest BCUT2D eigenvalue weighted by atomic mass is 19.3. The van der Waals surface area contributed by atoms with Crippen molar-refractivity contribution in [3.8, 4) is 17.6 Å². The predicted molar refractivity (Wildman–Crippen MR) is 34.6 cm³/mol. The second-order valence-corrected chi connectivity index (χ2v) is 1.84. The fourth-order valence-corrected chi connectivity index (χ4v) is 0.675. The first-order valence-electron chi connectivity index (χ1n) is 2.80. The van der Waals surface area contributed by atoms with Crippen LogP contribution in [0, 0.1) is 11.3 Å². The van der Waals surface area contributed by atoms with Crippen molar-refractivity contribution in [1.29, 1.82) is 5.26 Å². The number of nitrogens with zero attached hydrogens (tertiary/aromatic N) is 1. The largest absolute Gasteiger partial charge is 0.503 e. The van der Waals surface area contributed by atoms with Gasteiger partial charge in [-0.3, -0.25) is 4.94 Å². The summed E-state index contributed by atoms with van der Waals surface area (Å²) in [4.78, 5) is 3.29. The molecule has 0 bridgehead atoms. The van der Waals surface area contributed by atoms with E-state index in [2.05, 4.69) is 4.94 Å². The third-order valence-electron chi connectivity index (χ3n) is 1.20. The molecule has 0 amide bonds. The maximum absolute atomic E-state index is 11.5. The van der Waals surface area contributed by atoms with E-state index in [0.717, 1.165) is 0 Å². The summed E-state index contributed by atoms with van der Waals surface area (Å²) in [6.45, 7) is 0. The molecular formula is C7H4FNO2. The zero-order valence-corrected chi connectivity index (χ0v) is 5.41. The van der Waals surface area contributed by atoms with Gasteiger partial charge in [0.25, 0.3) is 0 Å². The van der Waals surface area contributed by atoms with Crippen LogP contribution in [0.15, 0.2) is 18.2 Å². The number of phenolic OH excluding ortho intramolecular Hbond substituents is 1. The fraction of sp³-hybridized carbons (Fsp3) is 0. The molecule has 0 radical (unpaired) electrons. The van der Waals surface area contributed by atoms with E-state index in [1.54, 1.807) is 6.07 Å². The van der Waals surface area contributed by atoms with Crippen molar-refractivity contribution >= 4 is 0 Å². The van der Waals surface area contributed by atoms with Gasteiger partial charge in [0.05, 0.1) is 5.56 Å². The van der Waals surface area contributed by atoms with Gasteiger partial charge in [-0.2, -0.15) is 5.26 Å². The van der Waals surface area contributed by atoms with E-state index in [1.807, 2.05) is 0 Å². The van der Waals surface area contributed by atoms with Crippen LogP contribution in [0.5, 0.6) is 11.5 Å². The van der Waals surface area contributed by atoms with E-state index in [9.17, 15) is 4.53 Å². The van der Waals surface area contributed by atoms with Gasteiger partial charge in [-0.05, 0) is 12.1 Å². The molecule has 0 unspecified atom stereocenters. The van der Waals surface area contributed by atoms with E-state index in [0.29, 0.717) is 0 Å². The minimum absolute atomic E-state index is 0.0137. The Hall–Kier alpha value is -1.76. The molecule has 0 fully saturated rings. The van der Waals surface area contributed by atoms with Crippen LogP contribution in [0.1, 0.15) is 5.56 Å². The van der Waals surface area contributed by atoms with E-state index in [1.165, 1.54) is 18.2 Å². The molecule has 0 aromatic heterocycles. The molecule has 1 aromatic rings. The van der Waals surface area contributed by atoms with E-state index < -0.39 is 5.75 Å². The van der Waals surface area contributed by atoms with Gasteiger partial charge in [-0.1, -0.05) is 6.07 Å². The van der Waals surface area contributed by atoms with Crippen molar-refractivity contribution in [2.45, 2.75) is 0 Å². The molecule has 1 N–H and O–H groups in total. The molecule has 0 aliphatic carbocycles. The molecule has 0 heterocycles. The monoisotopic (exact) mass is 153 g/mol. The summed E-state index contributed by atoms with van der Waals surface area (Å²) in [5, 5.41) is 17.4. The van der Waals surface area contributed by atoms with Crippen molar-refractivity contribution in [3.05, 3.63) is 23.8 Å². The van der Waals surface area contributed by atoms with Crippen LogP contribution in [-0.4, -0.2) is 5.11 Å². The number of aromatic hydroxyl groups is 1. The Morgan fingerprint density at radius 1 is 1.55 bits per heavy atom. The van der Waals surface area contributed by atoms with Gasteiger partial charge in [0, 0.05) is 4.53 Å². The number of halogens is 1. The Kier molecular flexibility index (Phi) is 1.93. The van der Waals surface area contributed by atoms with E-state index in [4.69, 9.17) is 10.4 Å². The summed E-state index contributed by atoms with van der Waals surface area (Å²) in [5.41, 5.74) is -0.0137. The SMILES string of the molecule is N#Cc1cccc(OF)c1O. The van der Waals surface area contributed by atoms with Gasteiger partial charge in [0.15, 0.2) is 5.75 Å².